The zero-order valence-electron chi connectivity index (χ0n) is 19.4. The number of nitriles is 1. The van der Waals surface area contributed by atoms with E-state index in [4.69, 9.17) is 11.6 Å². The Kier molecular flexibility index (Phi) is 5.96. The highest BCUT2D eigenvalue weighted by Crippen LogP contribution is 2.39. The molecule has 2 fully saturated rings. The van der Waals surface area contributed by atoms with Crippen molar-refractivity contribution in [3.63, 3.8) is 0 Å². The van der Waals surface area contributed by atoms with Crippen LogP contribution in [0.4, 0.5) is 33.6 Å². The Balaban J connectivity index is 1.57. The summed E-state index contributed by atoms with van der Waals surface area (Å²) in [4.78, 5) is 26.1. The van der Waals surface area contributed by atoms with Gasteiger partial charge in [-0.3, -0.25) is 4.90 Å². The number of fused-ring (bicyclic) bond motifs is 1. The van der Waals surface area contributed by atoms with Crippen LogP contribution in [0.5, 0.6) is 0 Å². The average molecular weight is 497 g/mol. The number of anilines is 5. The summed E-state index contributed by atoms with van der Waals surface area (Å²) in [5.41, 5.74) is 2.37. The van der Waals surface area contributed by atoms with Crippen LogP contribution in [0.1, 0.15) is 18.5 Å². The lowest BCUT2D eigenvalue weighted by Gasteiger charge is -2.35. The van der Waals surface area contributed by atoms with Gasteiger partial charge in [-0.2, -0.15) is 14.8 Å². The number of aromatic nitrogens is 4. The smallest absolute Gasteiger partial charge is 0.411 e. The quantitative estimate of drug-likeness (QED) is 0.467. The SMILES string of the molecule is CN1CCN(c2cc(N(C)C(=O)O)cc(Nc3nc(NC4CC4)c4ncc(C#N)n4n3)c2Cl)CC1. The van der Waals surface area contributed by atoms with Crippen molar-refractivity contribution in [2.24, 2.45) is 0 Å². The van der Waals surface area contributed by atoms with Crippen LogP contribution in [-0.2, 0) is 0 Å². The number of nitrogens with one attached hydrogen (secondary N) is 2. The lowest BCUT2D eigenvalue weighted by Crippen LogP contribution is -2.44. The standard InChI is InChI=1S/C22H25ClN10O2/c1-30-5-7-32(8-6-30)17-10-14(31(2)22(34)35)9-16(18(17)23)27-21-28-19(26-13-3-4-13)20-25-12-15(11-24)33(20)29-21/h9-10,12-13H,3-8H2,1-2H3,(H,34,35)(H2,26,27,28,29). The molecule has 1 amide bonds. The number of carboxylic acid groups (broad SMARTS) is 1. The van der Waals surface area contributed by atoms with Gasteiger partial charge in [-0.1, -0.05) is 11.6 Å². The maximum Gasteiger partial charge on any atom is 0.411 e. The summed E-state index contributed by atoms with van der Waals surface area (Å²) in [6.45, 7) is 3.25. The zero-order valence-corrected chi connectivity index (χ0v) is 20.1. The molecule has 0 atom stereocenters. The molecule has 12 nitrogen and oxygen atoms in total. The predicted octanol–water partition coefficient (Wildman–Crippen LogP) is 2.83. The Labute approximate surface area is 206 Å². The van der Waals surface area contributed by atoms with E-state index in [0.717, 1.165) is 49.6 Å². The molecule has 0 unspecified atom stereocenters. The summed E-state index contributed by atoms with van der Waals surface area (Å²) in [6.07, 6.45) is 2.43. The number of amides is 1. The van der Waals surface area contributed by atoms with Crippen molar-refractivity contribution >= 4 is 52.2 Å². The number of piperazine rings is 1. The molecule has 35 heavy (non-hydrogen) atoms. The number of nitrogens with zero attached hydrogens (tertiary/aromatic N) is 8. The summed E-state index contributed by atoms with van der Waals surface area (Å²) >= 11 is 6.85. The number of hydrogen-bond acceptors (Lipinski definition) is 9. The highest BCUT2D eigenvalue weighted by molar-refractivity contribution is 6.36. The second kappa shape index (κ2) is 9.09. The second-order valence-corrected chi connectivity index (χ2v) is 9.15. The van der Waals surface area contributed by atoms with Crippen LogP contribution >= 0.6 is 11.6 Å². The van der Waals surface area contributed by atoms with E-state index in [2.05, 4.69) is 48.6 Å². The molecule has 182 valence electrons. The van der Waals surface area contributed by atoms with E-state index in [1.165, 1.54) is 17.8 Å². The number of imidazole rings is 1. The molecule has 5 rings (SSSR count). The summed E-state index contributed by atoms with van der Waals surface area (Å²) in [6, 6.07) is 5.82. The van der Waals surface area contributed by atoms with Crippen molar-refractivity contribution < 1.29 is 9.90 Å². The third-order valence-corrected chi connectivity index (χ3v) is 6.59. The average Bonchev–Trinajstić information content (AvgIpc) is 3.56. The number of likely N-dealkylation sites (N-methyl/N-ethyl adjacent to an activating group) is 1. The molecule has 0 radical (unpaired) electrons. The van der Waals surface area contributed by atoms with E-state index in [9.17, 15) is 15.2 Å². The summed E-state index contributed by atoms with van der Waals surface area (Å²) in [5.74, 6) is 0.720. The molecule has 2 aliphatic rings. The van der Waals surface area contributed by atoms with Crippen molar-refractivity contribution in [2.45, 2.75) is 18.9 Å². The first-order valence-corrected chi connectivity index (χ1v) is 11.6. The normalized spacial score (nSPS) is 16.2. The third kappa shape index (κ3) is 4.60. The predicted molar refractivity (Wildman–Crippen MR) is 133 cm³/mol. The topological polar surface area (TPSA) is 138 Å². The third-order valence-electron chi connectivity index (χ3n) is 6.20. The summed E-state index contributed by atoms with van der Waals surface area (Å²) in [7, 11) is 3.54. The molecule has 3 N–H and O–H groups in total. The highest BCUT2D eigenvalue weighted by Gasteiger charge is 2.25. The molecule has 1 aromatic carbocycles. The first-order valence-electron chi connectivity index (χ1n) is 11.3. The van der Waals surface area contributed by atoms with Crippen molar-refractivity contribution in [1.82, 2.24) is 24.5 Å². The maximum absolute atomic E-state index is 11.7. The van der Waals surface area contributed by atoms with Crippen LogP contribution in [0.2, 0.25) is 5.02 Å². The molecular weight excluding hydrogens is 472 g/mol. The molecular formula is C22H25ClN10O2. The van der Waals surface area contributed by atoms with Crippen LogP contribution < -0.4 is 20.4 Å². The Hall–Kier alpha value is -3.82. The summed E-state index contributed by atoms with van der Waals surface area (Å²) < 4.78 is 1.43. The van der Waals surface area contributed by atoms with E-state index in [0.29, 0.717) is 33.9 Å². The molecule has 1 saturated carbocycles. The molecule has 3 heterocycles. The maximum atomic E-state index is 11.7. The fourth-order valence-electron chi connectivity index (χ4n) is 3.92. The minimum absolute atomic E-state index is 0.205. The number of benzene rings is 1. The fourth-order valence-corrected chi connectivity index (χ4v) is 4.19. The largest absolute Gasteiger partial charge is 0.465 e. The van der Waals surface area contributed by atoms with Gasteiger partial charge in [0.1, 0.15) is 6.07 Å². The molecule has 1 aliphatic carbocycles. The Bertz CT molecular complexity index is 1320. The Morgan fingerprint density at radius 1 is 1.29 bits per heavy atom. The van der Waals surface area contributed by atoms with Gasteiger partial charge in [0.15, 0.2) is 17.2 Å². The van der Waals surface area contributed by atoms with Gasteiger partial charge in [0.2, 0.25) is 5.95 Å². The number of carbonyl (C=O) groups is 1. The van der Waals surface area contributed by atoms with Crippen LogP contribution in [0, 0.1) is 11.3 Å². The van der Waals surface area contributed by atoms with Crippen molar-refractivity contribution in [3.8, 4) is 6.07 Å². The molecule has 13 heteroatoms. The lowest BCUT2D eigenvalue weighted by atomic mass is 10.2. The fraction of sp³-hybridized carbons (Fsp3) is 0.409. The van der Waals surface area contributed by atoms with E-state index in [1.807, 2.05) is 0 Å². The van der Waals surface area contributed by atoms with Gasteiger partial charge < -0.3 is 25.5 Å². The lowest BCUT2D eigenvalue weighted by molar-refractivity contribution is 0.203. The molecule has 2 aromatic heterocycles. The van der Waals surface area contributed by atoms with Crippen molar-refractivity contribution in [3.05, 3.63) is 29.0 Å². The van der Waals surface area contributed by atoms with Crippen molar-refractivity contribution in [2.75, 3.05) is 60.7 Å². The van der Waals surface area contributed by atoms with E-state index >= 15 is 0 Å². The van der Waals surface area contributed by atoms with Crippen LogP contribution in [0.15, 0.2) is 18.3 Å². The first-order chi connectivity index (χ1) is 16.8. The van der Waals surface area contributed by atoms with Crippen LogP contribution in [0.3, 0.4) is 0 Å². The monoisotopic (exact) mass is 496 g/mol. The molecule has 1 saturated heterocycles. The minimum Gasteiger partial charge on any atom is -0.465 e. The van der Waals surface area contributed by atoms with Crippen LogP contribution in [0.25, 0.3) is 5.65 Å². The molecule has 0 spiro atoms. The molecule has 1 aliphatic heterocycles. The number of rotatable bonds is 6. The van der Waals surface area contributed by atoms with Gasteiger partial charge in [-0.15, -0.1) is 5.10 Å². The van der Waals surface area contributed by atoms with Gasteiger partial charge in [0, 0.05) is 39.3 Å². The van der Waals surface area contributed by atoms with Gasteiger partial charge in [-0.25, -0.2) is 9.78 Å². The van der Waals surface area contributed by atoms with Crippen molar-refractivity contribution in [1.29, 1.82) is 5.26 Å². The highest BCUT2D eigenvalue weighted by atomic mass is 35.5. The van der Waals surface area contributed by atoms with E-state index in [-0.39, 0.29) is 11.6 Å². The Morgan fingerprint density at radius 2 is 2.03 bits per heavy atom. The second-order valence-electron chi connectivity index (χ2n) is 8.78. The Morgan fingerprint density at radius 3 is 2.69 bits per heavy atom. The zero-order chi connectivity index (χ0) is 24.7. The van der Waals surface area contributed by atoms with Gasteiger partial charge >= 0.3 is 6.09 Å². The van der Waals surface area contributed by atoms with Gasteiger partial charge in [-0.05, 0) is 32.0 Å². The van der Waals surface area contributed by atoms with Gasteiger partial charge in [0.25, 0.3) is 0 Å². The molecule has 0 bridgehead atoms. The van der Waals surface area contributed by atoms with Gasteiger partial charge in [0.05, 0.1) is 28.3 Å². The van der Waals surface area contributed by atoms with Crippen LogP contribution in [-0.4, -0.2) is 82.0 Å². The first kappa shape index (κ1) is 22.9. The summed E-state index contributed by atoms with van der Waals surface area (Å²) in [5, 5.41) is 30.4. The molecule has 3 aromatic rings. The van der Waals surface area contributed by atoms with E-state index < -0.39 is 6.09 Å². The van der Waals surface area contributed by atoms with E-state index in [1.54, 1.807) is 12.1 Å². The number of hydrogen-bond donors (Lipinski definition) is 3. The minimum atomic E-state index is -1.09. The number of halogens is 1.